The zero-order chi connectivity index (χ0) is 17.6. The Morgan fingerprint density at radius 3 is 2.50 bits per heavy atom. The molecule has 0 saturated carbocycles. The Bertz CT molecular complexity index is 810. The Hall–Kier alpha value is -2.48. The van der Waals surface area contributed by atoms with Gasteiger partial charge in [-0.05, 0) is 24.1 Å². The van der Waals surface area contributed by atoms with Crippen LogP contribution in [0.3, 0.4) is 0 Å². The lowest BCUT2D eigenvalue weighted by atomic mass is 10.2. The molecule has 0 aromatic heterocycles. The van der Waals surface area contributed by atoms with Gasteiger partial charge < -0.3 is 5.32 Å². The van der Waals surface area contributed by atoms with E-state index < -0.39 is 20.6 Å². The quantitative estimate of drug-likeness (QED) is 0.448. The highest BCUT2D eigenvalue weighted by Crippen LogP contribution is 2.24. The Balaban J connectivity index is 1.88. The van der Waals surface area contributed by atoms with Crippen LogP contribution in [0.15, 0.2) is 48.5 Å². The monoisotopic (exact) mass is 352 g/mol. The molecular weight excluding hydrogens is 335 g/mol. The number of nitrogens with zero attached hydrogens (tertiary/aromatic N) is 1. The smallest absolute Gasteiger partial charge is 0.295 e. The Morgan fingerprint density at radius 2 is 1.83 bits per heavy atom. The fourth-order valence-electron chi connectivity index (χ4n) is 2.22. The van der Waals surface area contributed by atoms with Crippen LogP contribution in [0.5, 0.6) is 0 Å². The molecule has 0 aliphatic carbocycles. The molecule has 0 fully saturated rings. The summed E-state index contributed by atoms with van der Waals surface area (Å²) in [7, 11) is -3.26. The van der Waals surface area contributed by atoms with Crippen LogP contribution in [0.25, 0.3) is 0 Å². The summed E-state index contributed by atoms with van der Waals surface area (Å²) in [5.74, 6) is -0.772. The Morgan fingerprint density at radius 1 is 1.12 bits per heavy atom. The SMILES string of the molecule is O=[N+]([O-])c1cc(F)ccc1NCCCS(=O)(=O)Cc1ccccc1. The lowest BCUT2D eigenvalue weighted by Crippen LogP contribution is -2.13. The minimum Gasteiger partial charge on any atom is -0.379 e. The van der Waals surface area contributed by atoms with Gasteiger partial charge in [-0.1, -0.05) is 30.3 Å². The summed E-state index contributed by atoms with van der Waals surface area (Å²) in [5, 5.41) is 13.7. The van der Waals surface area contributed by atoms with Gasteiger partial charge in [0.05, 0.1) is 22.5 Å². The van der Waals surface area contributed by atoms with E-state index >= 15 is 0 Å². The fourth-order valence-corrected chi connectivity index (χ4v) is 3.65. The molecule has 0 radical (unpaired) electrons. The molecular formula is C16H17FN2O4S. The van der Waals surface area contributed by atoms with Crippen molar-refractivity contribution in [2.75, 3.05) is 17.6 Å². The van der Waals surface area contributed by atoms with Gasteiger partial charge in [-0.2, -0.15) is 0 Å². The second kappa shape index (κ2) is 7.87. The van der Waals surface area contributed by atoms with Gasteiger partial charge in [-0.3, -0.25) is 10.1 Å². The molecule has 2 aromatic rings. The highest BCUT2D eigenvalue weighted by atomic mass is 32.2. The van der Waals surface area contributed by atoms with E-state index in [0.717, 1.165) is 17.7 Å². The molecule has 0 heterocycles. The first-order valence-electron chi connectivity index (χ1n) is 7.29. The third kappa shape index (κ3) is 5.31. The molecule has 2 rings (SSSR count). The Labute approximate surface area is 139 Å². The number of rotatable bonds is 8. The third-order valence-corrected chi connectivity index (χ3v) is 5.02. The van der Waals surface area contributed by atoms with Gasteiger partial charge in [0.1, 0.15) is 11.5 Å². The number of hydrogen-bond acceptors (Lipinski definition) is 5. The maximum atomic E-state index is 13.0. The van der Waals surface area contributed by atoms with Crippen molar-refractivity contribution in [3.8, 4) is 0 Å². The summed E-state index contributed by atoms with van der Waals surface area (Å²) in [5.41, 5.74) is 0.517. The third-order valence-electron chi connectivity index (χ3n) is 3.33. The van der Waals surface area contributed by atoms with Crippen molar-refractivity contribution in [2.45, 2.75) is 12.2 Å². The number of hydrogen-bond donors (Lipinski definition) is 1. The summed E-state index contributed by atoms with van der Waals surface area (Å²) in [6.45, 7) is 0.237. The van der Waals surface area contributed by atoms with E-state index in [9.17, 15) is 22.9 Å². The van der Waals surface area contributed by atoms with E-state index in [0.29, 0.717) is 6.42 Å². The average molecular weight is 352 g/mol. The van der Waals surface area contributed by atoms with Crippen molar-refractivity contribution in [1.29, 1.82) is 0 Å². The predicted molar refractivity (Wildman–Crippen MR) is 90.1 cm³/mol. The van der Waals surface area contributed by atoms with Crippen molar-refractivity contribution in [3.63, 3.8) is 0 Å². The maximum absolute atomic E-state index is 13.0. The first-order valence-corrected chi connectivity index (χ1v) is 9.12. The van der Waals surface area contributed by atoms with Gasteiger partial charge in [0.15, 0.2) is 9.84 Å². The van der Waals surface area contributed by atoms with Crippen LogP contribution in [0, 0.1) is 15.9 Å². The highest BCUT2D eigenvalue weighted by molar-refractivity contribution is 7.90. The minimum absolute atomic E-state index is 0.0372. The van der Waals surface area contributed by atoms with E-state index in [-0.39, 0.29) is 29.4 Å². The predicted octanol–water partition coefficient (Wildman–Crippen LogP) is 3.15. The molecule has 0 aliphatic heterocycles. The summed E-state index contributed by atoms with van der Waals surface area (Å²) < 4.78 is 37.1. The van der Waals surface area contributed by atoms with Crippen LogP contribution in [-0.4, -0.2) is 25.6 Å². The van der Waals surface area contributed by atoms with Gasteiger partial charge in [-0.25, -0.2) is 12.8 Å². The number of sulfone groups is 1. The van der Waals surface area contributed by atoms with Crippen LogP contribution in [-0.2, 0) is 15.6 Å². The fraction of sp³-hybridized carbons (Fsp3) is 0.250. The van der Waals surface area contributed by atoms with E-state index in [1.807, 2.05) is 6.07 Å². The molecule has 0 spiro atoms. The molecule has 8 heteroatoms. The topological polar surface area (TPSA) is 89.3 Å². The van der Waals surface area contributed by atoms with Gasteiger partial charge in [0.25, 0.3) is 5.69 Å². The van der Waals surface area contributed by atoms with Crippen molar-refractivity contribution >= 4 is 21.2 Å². The maximum Gasteiger partial charge on any atom is 0.295 e. The molecule has 1 N–H and O–H groups in total. The number of benzene rings is 2. The van der Waals surface area contributed by atoms with Crippen molar-refractivity contribution in [1.82, 2.24) is 0 Å². The van der Waals surface area contributed by atoms with Gasteiger partial charge in [0.2, 0.25) is 0 Å². The lowest BCUT2D eigenvalue weighted by molar-refractivity contribution is -0.384. The molecule has 2 aromatic carbocycles. The zero-order valence-electron chi connectivity index (χ0n) is 12.8. The molecule has 0 saturated heterocycles. The molecule has 128 valence electrons. The number of nitro benzene ring substituents is 1. The first kappa shape index (κ1) is 17.9. The van der Waals surface area contributed by atoms with E-state index in [1.54, 1.807) is 24.3 Å². The standard InChI is InChI=1S/C16H17FN2O4S/c17-14-7-8-15(16(11-14)19(20)21)18-9-4-10-24(22,23)12-13-5-2-1-3-6-13/h1-3,5-8,11,18H,4,9-10,12H2. The van der Waals surface area contributed by atoms with Gasteiger partial charge in [0, 0.05) is 6.54 Å². The zero-order valence-corrected chi connectivity index (χ0v) is 13.6. The molecule has 0 atom stereocenters. The van der Waals surface area contributed by atoms with Crippen LogP contribution < -0.4 is 5.32 Å². The number of nitro groups is 1. The van der Waals surface area contributed by atoms with E-state index in [4.69, 9.17) is 0 Å². The number of halogens is 1. The molecule has 0 bridgehead atoms. The van der Waals surface area contributed by atoms with Crippen LogP contribution in [0.4, 0.5) is 15.8 Å². The van der Waals surface area contributed by atoms with Crippen molar-refractivity contribution < 1.29 is 17.7 Å². The number of anilines is 1. The molecule has 24 heavy (non-hydrogen) atoms. The molecule has 6 nitrogen and oxygen atoms in total. The molecule has 0 amide bonds. The molecule has 0 unspecified atom stereocenters. The van der Waals surface area contributed by atoms with Gasteiger partial charge >= 0.3 is 0 Å². The largest absolute Gasteiger partial charge is 0.379 e. The lowest BCUT2D eigenvalue weighted by Gasteiger charge is -2.08. The molecule has 0 aliphatic rings. The second-order valence-electron chi connectivity index (χ2n) is 5.28. The Kier molecular flexibility index (Phi) is 5.86. The second-order valence-corrected chi connectivity index (χ2v) is 7.46. The highest BCUT2D eigenvalue weighted by Gasteiger charge is 2.15. The minimum atomic E-state index is -3.26. The number of nitrogens with one attached hydrogen (secondary N) is 1. The summed E-state index contributed by atoms with van der Waals surface area (Å²) >= 11 is 0. The van der Waals surface area contributed by atoms with E-state index in [2.05, 4.69) is 5.32 Å². The van der Waals surface area contributed by atoms with E-state index in [1.165, 1.54) is 6.07 Å². The normalized spacial score (nSPS) is 11.2. The van der Waals surface area contributed by atoms with Crippen LogP contribution >= 0.6 is 0 Å². The average Bonchev–Trinajstić information content (AvgIpc) is 2.53. The van der Waals surface area contributed by atoms with Crippen LogP contribution in [0.1, 0.15) is 12.0 Å². The summed E-state index contributed by atoms with van der Waals surface area (Å²) in [6.07, 6.45) is 0.295. The van der Waals surface area contributed by atoms with Crippen molar-refractivity contribution in [3.05, 3.63) is 70.0 Å². The van der Waals surface area contributed by atoms with Crippen LogP contribution in [0.2, 0.25) is 0 Å². The summed E-state index contributed by atoms with van der Waals surface area (Å²) in [6, 6.07) is 12.1. The summed E-state index contributed by atoms with van der Waals surface area (Å²) in [4.78, 5) is 10.2. The van der Waals surface area contributed by atoms with Gasteiger partial charge in [-0.15, -0.1) is 0 Å². The van der Waals surface area contributed by atoms with Crippen molar-refractivity contribution in [2.24, 2.45) is 0 Å². The first-order chi connectivity index (χ1) is 11.4.